The second-order valence-corrected chi connectivity index (χ2v) is 10.7. The first-order valence-corrected chi connectivity index (χ1v) is 14.3. The zero-order valence-electron chi connectivity index (χ0n) is 25.1. The summed E-state index contributed by atoms with van der Waals surface area (Å²) in [5.41, 5.74) is 1.22. The van der Waals surface area contributed by atoms with Crippen LogP contribution in [0.25, 0.3) is 11.4 Å². The molecule has 0 unspecified atom stereocenters. The number of alkyl halides is 3. The van der Waals surface area contributed by atoms with Crippen molar-refractivity contribution < 1.29 is 22.7 Å². The number of amides is 1. The Balaban J connectivity index is 1.39. The number of aryl methyl sites for hydroxylation is 1. The average Bonchev–Trinajstić information content (AvgIpc) is 3.03. The summed E-state index contributed by atoms with van der Waals surface area (Å²) < 4.78 is 48.4. The molecule has 1 saturated heterocycles. The molecule has 0 bridgehead atoms. The first-order valence-electron chi connectivity index (χ1n) is 14.3. The molecule has 3 heterocycles. The highest BCUT2D eigenvalue weighted by Crippen LogP contribution is 2.35. The molecule has 234 valence electrons. The zero-order chi connectivity index (χ0) is 32.1. The summed E-state index contributed by atoms with van der Waals surface area (Å²) in [5, 5.41) is 13.5. The Morgan fingerprint density at radius 1 is 1.04 bits per heavy atom. The number of hydrogen-bond donors (Lipinski definition) is 3. The molecular weight excluding hydrogens is 585 g/mol. The lowest BCUT2D eigenvalue weighted by molar-refractivity contribution is -0.138. The van der Waals surface area contributed by atoms with Gasteiger partial charge in [0.2, 0.25) is 5.88 Å². The molecule has 1 aliphatic heterocycles. The van der Waals surface area contributed by atoms with Gasteiger partial charge in [-0.05, 0) is 61.5 Å². The Hall–Kier alpha value is -4.88. The first kappa shape index (κ1) is 31.5. The van der Waals surface area contributed by atoms with Crippen LogP contribution in [0.4, 0.5) is 24.7 Å². The number of carbonyl (C=O) groups excluding carboxylic acids is 1. The first-order chi connectivity index (χ1) is 21.5. The van der Waals surface area contributed by atoms with Crippen molar-refractivity contribution in [2.24, 2.45) is 0 Å². The number of carbonyl (C=O) groups is 1. The van der Waals surface area contributed by atoms with Crippen LogP contribution in [0, 0.1) is 12.3 Å². The van der Waals surface area contributed by atoms with Crippen LogP contribution in [-0.4, -0.2) is 77.1 Å². The smallest absolute Gasteiger partial charge is 0.416 e. The van der Waals surface area contributed by atoms with Crippen LogP contribution < -0.4 is 15.4 Å². The quantitative estimate of drug-likeness (QED) is 0.205. The molecule has 5 rings (SSSR count). The van der Waals surface area contributed by atoms with Gasteiger partial charge in [0.15, 0.2) is 5.82 Å². The lowest BCUT2D eigenvalue weighted by atomic mass is 10.0. The number of benzene rings is 2. The third-order valence-electron chi connectivity index (χ3n) is 7.55. The van der Waals surface area contributed by atoms with Gasteiger partial charge in [-0.3, -0.25) is 14.7 Å². The van der Waals surface area contributed by atoms with E-state index in [1.54, 1.807) is 50.6 Å². The lowest BCUT2D eigenvalue weighted by Crippen LogP contribution is -2.44. The second-order valence-electron chi connectivity index (χ2n) is 10.7. The van der Waals surface area contributed by atoms with Gasteiger partial charge in [0.05, 0.1) is 11.1 Å². The summed E-state index contributed by atoms with van der Waals surface area (Å²) in [6.07, 6.45) is -0.310. The van der Waals surface area contributed by atoms with Gasteiger partial charge in [-0.1, -0.05) is 12.1 Å². The number of piperazine rings is 1. The van der Waals surface area contributed by atoms with E-state index in [1.165, 1.54) is 18.2 Å². The molecule has 0 aliphatic carbocycles. The van der Waals surface area contributed by atoms with E-state index in [-0.39, 0.29) is 35.0 Å². The van der Waals surface area contributed by atoms with Crippen LogP contribution in [0.1, 0.15) is 32.6 Å². The van der Waals surface area contributed by atoms with Crippen molar-refractivity contribution in [3.8, 4) is 23.0 Å². The fourth-order valence-corrected chi connectivity index (χ4v) is 4.94. The summed E-state index contributed by atoms with van der Waals surface area (Å²) >= 11 is 0. The number of pyridine rings is 1. The summed E-state index contributed by atoms with van der Waals surface area (Å²) in [7, 11) is 3.65. The maximum Gasteiger partial charge on any atom is 0.416 e. The summed E-state index contributed by atoms with van der Waals surface area (Å²) in [6, 6.07) is 12.1. The molecule has 10 nitrogen and oxygen atoms in total. The SMILES string of the molecule is CNc1nc(-c2ccncc2)nc(Oc2cc(C(=O)Nc3ccc(CN4CCN(C)CC4)c(C(F)(F)F)c3)ccc2C)c1C=N. The van der Waals surface area contributed by atoms with Gasteiger partial charge in [-0.15, -0.1) is 0 Å². The average molecular weight is 619 g/mol. The van der Waals surface area contributed by atoms with Crippen LogP contribution in [0.2, 0.25) is 0 Å². The second kappa shape index (κ2) is 13.4. The van der Waals surface area contributed by atoms with Gasteiger partial charge in [0, 0.05) is 75.2 Å². The number of likely N-dealkylation sites (N-methyl/N-ethyl adjacent to an activating group) is 1. The highest BCUT2D eigenvalue weighted by atomic mass is 19.4. The Morgan fingerprint density at radius 3 is 2.44 bits per heavy atom. The molecular formula is C32H33F3N8O2. The predicted octanol–water partition coefficient (Wildman–Crippen LogP) is 5.70. The minimum absolute atomic E-state index is 0.0278. The van der Waals surface area contributed by atoms with Crippen molar-refractivity contribution in [1.82, 2.24) is 24.8 Å². The van der Waals surface area contributed by atoms with Crippen LogP contribution in [0.15, 0.2) is 60.9 Å². The number of halogens is 3. The van der Waals surface area contributed by atoms with Gasteiger partial charge in [-0.25, -0.2) is 4.98 Å². The minimum atomic E-state index is -4.58. The lowest BCUT2D eigenvalue weighted by Gasteiger charge is -2.33. The number of nitrogens with one attached hydrogen (secondary N) is 3. The zero-order valence-corrected chi connectivity index (χ0v) is 25.1. The van der Waals surface area contributed by atoms with E-state index in [0.29, 0.717) is 41.4 Å². The van der Waals surface area contributed by atoms with Crippen LogP contribution in [-0.2, 0) is 12.7 Å². The van der Waals surface area contributed by atoms with E-state index in [1.807, 2.05) is 11.9 Å². The number of ether oxygens (including phenoxy) is 1. The molecule has 0 radical (unpaired) electrons. The summed E-state index contributed by atoms with van der Waals surface area (Å²) in [6.45, 7) is 4.90. The van der Waals surface area contributed by atoms with Crippen molar-refractivity contribution in [2.45, 2.75) is 19.6 Å². The molecule has 2 aromatic carbocycles. The minimum Gasteiger partial charge on any atom is -0.438 e. The molecule has 4 aromatic rings. The van der Waals surface area contributed by atoms with E-state index in [4.69, 9.17) is 10.1 Å². The maximum absolute atomic E-state index is 14.1. The van der Waals surface area contributed by atoms with Crippen molar-refractivity contribution in [2.75, 3.05) is 50.9 Å². The number of hydrogen-bond acceptors (Lipinski definition) is 9. The predicted molar refractivity (Wildman–Crippen MR) is 166 cm³/mol. The van der Waals surface area contributed by atoms with Crippen molar-refractivity contribution in [1.29, 1.82) is 5.41 Å². The number of nitrogens with zero attached hydrogens (tertiary/aromatic N) is 5. The van der Waals surface area contributed by atoms with Crippen LogP contribution in [0.3, 0.4) is 0 Å². The highest BCUT2D eigenvalue weighted by Gasteiger charge is 2.34. The molecule has 0 atom stereocenters. The number of rotatable bonds is 9. The van der Waals surface area contributed by atoms with E-state index in [2.05, 4.69) is 30.5 Å². The topological polar surface area (TPSA) is 119 Å². The third kappa shape index (κ3) is 7.44. The largest absolute Gasteiger partial charge is 0.438 e. The number of aromatic nitrogens is 3. The van der Waals surface area contributed by atoms with E-state index >= 15 is 0 Å². The van der Waals surface area contributed by atoms with Gasteiger partial charge in [-0.2, -0.15) is 18.2 Å². The van der Waals surface area contributed by atoms with Gasteiger partial charge in [0.25, 0.3) is 5.91 Å². The van der Waals surface area contributed by atoms with Crippen LogP contribution >= 0.6 is 0 Å². The van der Waals surface area contributed by atoms with Crippen molar-refractivity contribution >= 4 is 23.6 Å². The molecule has 3 N–H and O–H groups in total. The Morgan fingerprint density at radius 2 is 1.78 bits per heavy atom. The molecule has 45 heavy (non-hydrogen) atoms. The van der Waals surface area contributed by atoms with E-state index in [9.17, 15) is 18.0 Å². The molecule has 2 aromatic heterocycles. The molecule has 1 aliphatic rings. The molecule has 0 saturated carbocycles. The Labute approximate surface area is 258 Å². The van der Waals surface area contributed by atoms with Gasteiger partial charge < -0.3 is 25.7 Å². The molecule has 1 amide bonds. The normalized spacial score (nSPS) is 14.2. The Bertz CT molecular complexity index is 1690. The monoisotopic (exact) mass is 618 g/mol. The fourth-order valence-electron chi connectivity index (χ4n) is 4.94. The number of anilines is 2. The fraction of sp³-hybridized carbons (Fsp3) is 0.281. The van der Waals surface area contributed by atoms with Crippen LogP contribution in [0.5, 0.6) is 11.6 Å². The van der Waals surface area contributed by atoms with Crippen molar-refractivity contribution in [3.05, 3.63) is 88.7 Å². The van der Waals surface area contributed by atoms with E-state index in [0.717, 1.165) is 25.4 Å². The molecule has 13 heteroatoms. The summed E-state index contributed by atoms with van der Waals surface area (Å²) in [5.74, 6) is 0.465. The summed E-state index contributed by atoms with van der Waals surface area (Å²) in [4.78, 5) is 30.4. The third-order valence-corrected chi connectivity index (χ3v) is 7.55. The van der Waals surface area contributed by atoms with Gasteiger partial charge >= 0.3 is 6.18 Å². The molecule has 1 fully saturated rings. The Kier molecular flexibility index (Phi) is 9.40. The molecule has 0 spiro atoms. The highest BCUT2D eigenvalue weighted by molar-refractivity contribution is 6.04. The van der Waals surface area contributed by atoms with Crippen molar-refractivity contribution in [3.63, 3.8) is 0 Å². The maximum atomic E-state index is 14.1. The van der Waals surface area contributed by atoms with E-state index < -0.39 is 17.6 Å². The van der Waals surface area contributed by atoms with Gasteiger partial charge in [0.1, 0.15) is 11.6 Å². The standard InChI is InChI=1S/C32H33F3N8O2/c1-20-4-5-22(16-27(20)45-31-25(18-36)29(37-2)40-28(41-31)21-8-10-38-11-9-21)30(44)39-24-7-6-23(26(17-24)32(33,34)35)19-43-14-12-42(3)13-15-43/h4-11,16-18,36H,12-15,19H2,1-3H3,(H,39,44)(H,37,40,41).